The Morgan fingerprint density at radius 3 is 2.52 bits per heavy atom. The molecule has 0 fully saturated rings. The van der Waals surface area contributed by atoms with Crippen LogP contribution in [0.5, 0.6) is 0 Å². The zero-order valence-electron chi connectivity index (χ0n) is 14.4. The van der Waals surface area contributed by atoms with E-state index >= 15 is 0 Å². The van der Waals surface area contributed by atoms with Crippen molar-refractivity contribution in [3.63, 3.8) is 0 Å². The zero-order valence-corrected chi connectivity index (χ0v) is 16.8. The molecule has 0 saturated carbocycles. The fourth-order valence-electron chi connectivity index (χ4n) is 3.03. The summed E-state index contributed by atoms with van der Waals surface area (Å²) in [5, 5.41) is 2.49. The van der Waals surface area contributed by atoms with Crippen LogP contribution in [0.2, 0.25) is 0 Å². The molecule has 2 heterocycles. The first-order valence-corrected chi connectivity index (χ1v) is 10.1. The Morgan fingerprint density at radius 1 is 1.11 bits per heavy atom. The van der Waals surface area contributed by atoms with Crippen LogP contribution in [0.15, 0.2) is 75.6 Å². The molecule has 2 aromatic heterocycles. The molecule has 0 radical (unpaired) electrons. The predicted molar refractivity (Wildman–Crippen MR) is 112 cm³/mol. The summed E-state index contributed by atoms with van der Waals surface area (Å²) in [6.45, 7) is 1.73. The summed E-state index contributed by atoms with van der Waals surface area (Å²) >= 11 is 4.86. The largest absolute Gasteiger partial charge is 0.292 e. The molecule has 0 N–H and O–H groups in total. The highest BCUT2D eigenvalue weighted by Gasteiger charge is 2.21. The van der Waals surface area contributed by atoms with Gasteiger partial charge in [0.25, 0.3) is 5.56 Å². The van der Waals surface area contributed by atoms with Gasteiger partial charge in [-0.1, -0.05) is 58.4 Å². The lowest BCUT2D eigenvalue weighted by Gasteiger charge is -2.14. The fraction of sp³-hybridized carbons (Fsp3) is 0.0952. The number of benzene rings is 2. The molecule has 0 saturated heterocycles. The summed E-state index contributed by atoms with van der Waals surface area (Å²) in [7, 11) is 0. The number of nitrogens with zero attached hydrogens (tertiary/aromatic N) is 2. The number of halogens is 1. The Hall–Kier alpha value is -2.57. The van der Waals surface area contributed by atoms with Crippen molar-refractivity contribution in [2.75, 3.05) is 0 Å². The molecule has 0 aliphatic heterocycles. The summed E-state index contributed by atoms with van der Waals surface area (Å²) < 4.78 is 2.40. The number of rotatable bonds is 4. The summed E-state index contributed by atoms with van der Waals surface area (Å²) in [6.07, 6.45) is 1.47. The van der Waals surface area contributed by atoms with Crippen molar-refractivity contribution in [3.05, 3.63) is 86.7 Å². The van der Waals surface area contributed by atoms with Crippen LogP contribution in [0.3, 0.4) is 0 Å². The molecule has 1 atom stereocenters. The number of carbonyl (C=O) groups is 1. The van der Waals surface area contributed by atoms with Crippen LogP contribution in [0.25, 0.3) is 21.3 Å². The van der Waals surface area contributed by atoms with E-state index in [2.05, 4.69) is 20.9 Å². The molecule has 0 spiro atoms. The molecule has 27 heavy (non-hydrogen) atoms. The third kappa shape index (κ3) is 3.26. The predicted octanol–water partition coefficient (Wildman–Crippen LogP) is 5.33. The average Bonchev–Trinajstić information content (AvgIpc) is 3.13. The number of ketones is 1. The minimum atomic E-state index is -0.630. The van der Waals surface area contributed by atoms with Gasteiger partial charge in [-0.2, -0.15) is 0 Å². The number of thiophene rings is 1. The van der Waals surface area contributed by atoms with Crippen molar-refractivity contribution in [1.82, 2.24) is 9.55 Å². The van der Waals surface area contributed by atoms with Gasteiger partial charge in [0, 0.05) is 21.0 Å². The lowest BCUT2D eigenvalue weighted by molar-refractivity contribution is 0.0932. The first-order chi connectivity index (χ1) is 13.1. The lowest BCUT2D eigenvalue weighted by Crippen LogP contribution is -2.28. The zero-order chi connectivity index (χ0) is 19.0. The van der Waals surface area contributed by atoms with Crippen LogP contribution < -0.4 is 5.56 Å². The molecule has 0 unspecified atom stereocenters. The van der Waals surface area contributed by atoms with Gasteiger partial charge in [-0.3, -0.25) is 14.2 Å². The van der Waals surface area contributed by atoms with E-state index in [0.717, 1.165) is 15.6 Å². The maximum Gasteiger partial charge on any atom is 0.263 e. The van der Waals surface area contributed by atoms with Crippen molar-refractivity contribution in [1.29, 1.82) is 0 Å². The van der Waals surface area contributed by atoms with E-state index in [0.29, 0.717) is 15.8 Å². The van der Waals surface area contributed by atoms with Crippen molar-refractivity contribution >= 4 is 43.3 Å². The minimum Gasteiger partial charge on any atom is -0.292 e. The van der Waals surface area contributed by atoms with Gasteiger partial charge < -0.3 is 0 Å². The molecule has 4 nitrogen and oxygen atoms in total. The first-order valence-electron chi connectivity index (χ1n) is 8.40. The van der Waals surface area contributed by atoms with Crippen molar-refractivity contribution in [2.45, 2.75) is 13.0 Å². The first kappa shape index (κ1) is 17.8. The van der Waals surface area contributed by atoms with E-state index in [4.69, 9.17) is 0 Å². The van der Waals surface area contributed by atoms with Gasteiger partial charge >= 0.3 is 0 Å². The Morgan fingerprint density at radius 2 is 1.81 bits per heavy atom. The third-order valence-corrected chi connectivity index (χ3v) is 5.94. The summed E-state index contributed by atoms with van der Waals surface area (Å²) in [5.41, 5.74) is 2.17. The quantitative estimate of drug-likeness (QED) is 0.404. The Kier molecular flexibility index (Phi) is 4.76. The maximum atomic E-state index is 13.2. The highest BCUT2D eigenvalue weighted by molar-refractivity contribution is 9.10. The molecule has 134 valence electrons. The van der Waals surface area contributed by atoms with Gasteiger partial charge in [-0.25, -0.2) is 4.98 Å². The van der Waals surface area contributed by atoms with E-state index in [1.807, 2.05) is 47.8 Å². The fourth-order valence-corrected chi connectivity index (χ4v) is 4.20. The molecule has 4 aromatic rings. The Labute approximate surface area is 168 Å². The lowest BCUT2D eigenvalue weighted by atomic mass is 10.0. The van der Waals surface area contributed by atoms with Crippen LogP contribution in [-0.4, -0.2) is 15.3 Å². The third-order valence-electron chi connectivity index (χ3n) is 4.53. The second kappa shape index (κ2) is 7.21. The smallest absolute Gasteiger partial charge is 0.263 e. The highest BCUT2D eigenvalue weighted by Crippen LogP contribution is 2.31. The summed E-state index contributed by atoms with van der Waals surface area (Å²) in [5.74, 6) is -0.112. The molecule has 6 heteroatoms. The van der Waals surface area contributed by atoms with Gasteiger partial charge in [-0.15, -0.1) is 11.3 Å². The average molecular weight is 439 g/mol. The molecule has 0 aliphatic rings. The molecule has 2 aromatic carbocycles. The SMILES string of the molecule is C[C@H](C(=O)c1ccccc1)n1cnc2scc(-c3ccc(Br)cc3)c2c1=O. The molecule has 0 aliphatic carbocycles. The second-order valence-corrected chi connectivity index (χ2v) is 7.97. The maximum absolute atomic E-state index is 13.2. The van der Waals surface area contributed by atoms with Gasteiger partial charge in [0.1, 0.15) is 4.83 Å². The molecule has 0 amide bonds. The summed E-state index contributed by atoms with van der Waals surface area (Å²) in [4.78, 5) is 31.1. The normalized spacial score (nSPS) is 12.2. The number of hydrogen-bond acceptors (Lipinski definition) is 4. The van der Waals surface area contributed by atoms with Crippen LogP contribution in [0.1, 0.15) is 23.3 Å². The van der Waals surface area contributed by atoms with E-state index < -0.39 is 6.04 Å². The van der Waals surface area contributed by atoms with Gasteiger partial charge in [0.2, 0.25) is 0 Å². The Bertz CT molecular complexity index is 1180. The number of aromatic nitrogens is 2. The highest BCUT2D eigenvalue weighted by atomic mass is 79.9. The van der Waals surface area contributed by atoms with Crippen molar-refractivity contribution < 1.29 is 4.79 Å². The summed E-state index contributed by atoms with van der Waals surface area (Å²) in [6, 6.07) is 16.2. The van der Waals surface area contributed by atoms with Gasteiger partial charge in [0.05, 0.1) is 17.8 Å². The van der Waals surface area contributed by atoms with Gasteiger partial charge in [-0.05, 0) is 24.6 Å². The van der Waals surface area contributed by atoms with Crippen LogP contribution in [0.4, 0.5) is 0 Å². The van der Waals surface area contributed by atoms with Gasteiger partial charge in [0.15, 0.2) is 5.78 Å². The van der Waals surface area contributed by atoms with Crippen molar-refractivity contribution in [2.24, 2.45) is 0 Å². The topological polar surface area (TPSA) is 52.0 Å². The Balaban J connectivity index is 1.82. The van der Waals surface area contributed by atoms with Crippen molar-refractivity contribution in [3.8, 4) is 11.1 Å². The van der Waals surface area contributed by atoms with E-state index in [-0.39, 0.29) is 11.3 Å². The van der Waals surface area contributed by atoms with E-state index in [1.54, 1.807) is 19.1 Å². The molecular weight excluding hydrogens is 424 g/mol. The van der Waals surface area contributed by atoms with E-state index in [9.17, 15) is 9.59 Å². The molecular formula is C21H15BrN2O2S. The van der Waals surface area contributed by atoms with Crippen LogP contribution >= 0.6 is 27.3 Å². The monoisotopic (exact) mass is 438 g/mol. The number of fused-ring (bicyclic) bond motifs is 1. The second-order valence-electron chi connectivity index (χ2n) is 6.20. The molecule has 0 bridgehead atoms. The number of hydrogen-bond donors (Lipinski definition) is 0. The number of Topliss-reactive ketones (excluding diaryl/α,β-unsaturated/α-hetero) is 1. The molecule has 4 rings (SSSR count). The standard InChI is InChI=1S/C21H15BrN2O2S/c1-13(19(25)15-5-3-2-4-6-15)24-12-23-20-18(21(24)26)17(11-27-20)14-7-9-16(22)10-8-14/h2-13H,1H3/t13-/m1/s1. The van der Waals surface area contributed by atoms with E-state index in [1.165, 1.54) is 22.2 Å². The van der Waals surface area contributed by atoms with Crippen LogP contribution in [-0.2, 0) is 0 Å². The van der Waals surface area contributed by atoms with Crippen LogP contribution in [0, 0.1) is 0 Å². The minimum absolute atomic E-state index is 0.112. The number of carbonyl (C=O) groups excluding carboxylic acids is 1.